The highest BCUT2D eigenvalue weighted by atomic mass is 16.7. The van der Waals surface area contributed by atoms with Crippen molar-refractivity contribution in [2.45, 2.75) is 30.8 Å². The lowest BCUT2D eigenvalue weighted by molar-refractivity contribution is -0.149. The van der Waals surface area contributed by atoms with E-state index >= 15 is 0 Å². The molecule has 1 unspecified atom stereocenters. The van der Waals surface area contributed by atoms with Crippen LogP contribution in [0.5, 0.6) is 0 Å². The number of methoxy groups -OCH3 is 1. The SMILES string of the molecule is C=CC1O[C@]12[C@H](c1ccc3ccccc3c1)OC[C@H](C)[C@@H]2OC. The van der Waals surface area contributed by atoms with Gasteiger partial charge < -0.3 is 14.2 Å². The van der Waals surface area contributed by atoms with Gasteiger partial charge in [-0.1, -0.05) is 49.4 Å². The molecule has 2 aliphatic heterocycles. The summed E-state index contributed by atoms with van der Waals surface area (Å²) in [6, 6.07) is 14.9. The summed E-state index contributed by atoms with van der Waals surface area (Å²) in [4.78, 5) is 0. The fourth-order valence-electron chi connectivity index (χ4n) is 4.06. The summed E-state index contributed by atoms with van der Waals surface area (Å²) in [5.41, 5.74) is 0.693. The highest BCUT2D eigenvalue weighted by Crippen LogP contribution is 2.56. The molecule has 23 heavy (non-hydrogen) atoms. The molecule has 0 aromatic heterocycles. The maximum atomic E-state index is 6.21. The second-order valence-corrected chi connectivity index (χ2v) is 6.58. The van der Waals surface area contributed by atoms with Crippen LogP contribution < -0.4 is 0 Å². The molecular formula is C20H22O3. The topological polar surface area (TPSA) is 31.0 Å². The Morgan fingerprint density at radius 3 is 2.70 bits per heavy atom. The fourth-order valence-corrected chi connectivity index (χ4v) is 4.06. The number of hydrogen-bond acceptors (Lipinski definition) is 3. The van der Waals surface area contributed by atoms with Crippen LogP contribution in [0.15, 0.2) is 55.1 Å². The van der Waals surface area contributed by atoms with Crippen LogP contribution >= 0.6 is 0 Å². The number of rotatable bonds is 3. The smallest absolute Gasteiger partial charge is 0.155 e. The zero-order chi connectivity index (χ0) is 16.0. The van der Waals surface area contributed by atoms with Crippen LogP contribution in [0.3, 0.4) is 0 Å². The largest absolute Gasteiger partial charge is 0.378 e. The highest BCUT2D eigenvalue weighted by Gasteiger charge is 2.69. The summed E-state index contributed by atoms with van der Waals surface area (Å²) in [6.07, 6.45) is 1.72. The second kappa shape index (κ2) is 5.45. The van der Waals surface area contributed by atoms with Crippen LogP contribution in [-0.4, -0.2) is 31.5 Å². The first kappa shape index (κ1) is 14.9. The minimum absolute atomic E-state index is 0.00993. The fraction of sp³-hybridized carbons (Fsp3) is 0.400. The van der Waals surface area contributed by atoms with E-state index in [2.05, 4.69) is 56.0 Å². The van der Waals surface area contributed by atoms with Gasteiger partial charge in [-0.3, -0.25) is 0 Å². The molecular weight excluding hydrogens is 288 g/mol. The lowest BCUT2D eigenvalue weighted by atomic mass is 9.79. The first-order valence-corrected chi connectivity index (χ1v) is 8.14. The number of epoxide rings is 1. The zero-order valence-electron chi connectivity index (χ0n) is 13.6. The van der Waals surface area contributed by atoms with E-state index in [0.717, 1.165) is 5.56 Å². The third kappa shape index (κ3) is 2.15. The van der Waals surface area contributed by atoms with Crippen molar-refractivity contribution in [2.24, 2.45) is 5.92 Å². The van der Waals surface area contributed by atoms with Crippen molar-refractivity contribution in [1.29, 1.82) is 0 Å². The molecule has 120 valence electrons. The van der Waals surface area contributed by atoms with E-state index in [1.165, 1.54) is 10.8 Å². The predicted molar refractivity (Wildman–Crippen MR) is 90.4 cm³/mol. The molecule has 5 atom stereocenters. The lowest BCUT2D eigenvalue weighted by Crippen LogP contribution is -2.50. The second-order valence-electron chi connectivity index (χ2n) is 6.58. The van der Waals surface area contributed by atoms with E-state index in [1.54, 1.807) is 7.11 Å². The summed E-state index contributed by atoms with van der Waals surface area (Å²) in [5, 5.41) is 2.45. The Balaban J connectivity index is 1.77. The maximum Gasteiger partial charge on any atom is 0.155 e. The van der Waals surface area contributed by atoms with Gasteiger partial charge in [0.15, 0.2) is 5.60 Å². The van der Waals surface area contributed by atoms with Crippen LogP contribution in [0, 0.1) is 5.92 Å². The predicted octanol–water partition coefficient (Wildman–Crippen LogP) is 3.89. The van der Waals surface area contributed by atoms with Crippen LogP contribution in [0.2, 0.25) is 0 Å². The van der Waals surface area contributed by atoms with Gasteiger partial charge in [0.2, 0.25) is 0 Å². The first-order chi connectivity index (χ1) is 11.2. The molecule has 0 aliphatic carbocycles. The molecule has 2 fully saturated rings. The molecule has 2 aliphatic rings. The molecule has 1 spiro atoms. The van der Waals surface area contributed by atoms with E-state index in [1.807, 2.05) is 6.08 Å². The molecule has 2 heterocycles. The van der Waals surface area contributed by atoms with Gasteiger partial charge in [0.25, 0.3) is 0 Å². The summed E-state index contributed by atoms with van der Waals surface area (Å²) >= 11 is 0. The van der Waals surface area contributed by atoms with Crippen molar-refractivity contribution in [3.63, 3.8) is 0 Å². The molecule has 4 rings (SSSR count). The van der Waals surface area contributed by atoms with E-state index in [9.17, 15) is 0 Å². The summed E-state index contributed by atoms with van der Waals surface area (Å²) in [7, 11) is 1.76. The Morgan fingerprint density at radius 1 is 1.22 bits per heavy atom. The van der Waals surface area contributed by atoms with Gasteiger partial charge in [-0.15, -0.1) is 6.58 Å². The first-order valence-electron chi connectivity index (χ1n) is 8.14. The number of benzene rings is 2. The molecule has 0 bridgehead atoms. The van der Waals surface area contributed by atoms with Crippen molar-refractivity contribution >= 4 is 10.8 Å². The average Bonchev–Trinajstić information content (AvgIpc) is 3.29. The van der Waals surface area contributed by atoms with Crippen molar-refractivity contribution < 1.29 is 14.2 Å². The molecule has 3 heteroatoms. The van der Waals surface area contributed by atoms with E-state index in [0.29, 0.717) is 12.5 Å². The zero-order valence-corrected chi connectivity index (χ0v) is 13.6. The monoisotopic (exact) mass is 310 g/mol. The minimum atomic E-state index is -0.448. The minimum Gasteiger partial charge on any atom is -0.378 e. The Bertz CT molecular complexity index is 740. The Kier molecular flexibility index (Phi) is 3.52. The molecule has 2 aromatic carbocycles. The van der Waals surface area contributed by atoms with Crippen LogP contribution in [0.25, 0.3) is 10.8 Å². The Morgan fingerprint density at radius 2 is 2.00 bits per heavy atom. The van der Waals surface area contributed by atoms with Crippen LogP contribution in [-0.2, 0) is 14.2 Å². The van der Waals surface area contributed by atoms with Gasteiger partial charge in [0, 0.05) is 13.0 Å². The quantitative estimate of drug-likeness (QED) is 0.636. The third-order valence-corrected chi connectivity index (χ3v) is 5.16. The van der Waals surface area contributed by atoms with Crippen molar-refractivity contribution in [1.82, 2.24) is 0 Å². The number of fused-ring (bicyclic) bond motifs is 1. The lowest BCUT2D eigenvalue weighted by Gasteiger charge is -2.40. The average molecular weight is 310 g/mol. The number of hydrogen-bond donors (Lipinski definition) is 0. The van der Waals surface area contributed by atoms with Gasteiger partial charge in [-0.2, -0.15) is 0 Å². The van der Waals surface area contributed by atoms with E-state index < -0.39 is 5.60 Å². The molecule has 0 radical (unpaired) electrons. The van der Waals surface area contributed by atoms with Gasteiger partial charge in [-0.25, -0.2) is 0 Å². The van der Waals surface area contributed by atoms with E-state index in [4.69, 9.17) is 14.2 Å². The van der Waals surface area contributed by atoms with Gasteiger partial charge in [0.1, 0.15) is 12.2 Å². The third-order valence-electron chi connectivity index (χ3n) is 5.16. The summed E-state index contributed by atoms with van der Waals surface area (Å²) < 4.78 is 18.1. The molecule has 0 amide bonds. The van der Waals surface area contributed by atoms with Crippen LogP contribution in [0.4, 0.5) is 0 Å². The molecule has 3 nitrogen and oxygen atoms in total. The Hall–Kier alpha value is -1.68. The maximum absolute atomic E-state index is 6.21. The molecule has 2 saturated heterocycles. The van der Waals surface area contributed by atoms with Crippen LogP contribution in [0.1, 0.15) is 18.6 Å². The van der Waals surface area contributed by atoms with E-state index in [-0.39, 0.29) is 18.3 Å². The summed E-state index contributed by atoms with van der Waals surface area (Å²) in [5.74, 6) is 0.293. The van der Waals surface area contributed by atoms with Crippen molar-refractivity contribution in [3.05, 3.63) is 60.7 Å². The Labute approximate surface area is 136 Å². The number of ether oxygens (including phenoxy) is 3. The van der Waals surface area contributed by atoms with Gasteiger partial charge in [0.05, 0.1) is 12.7 Å². The van der Waals surface area contributed by atoms with Crippen molar-refractivity contribution in [2.75, 3.05) is 13.7 Å². The van der Waals surface area contributed by atoms with Crippen molar-refractivity contribution in [3.8, 4) is 0 Å². The molecule has 0 N–H and O–H groups in total. The molecule has 2 aromatic rings. The molecule has 0 saturated carbocycles. The normalized spacial score (nSPS) is 36.3. The standard InChI is InChI=1S/C20H22O3/c1-4-17-20(23-17)18(21-3)13(2)12-22-19(20)16-10-9-14-7-5-6-8-15(14)11-16/h4-11,13,17-19H,1,12H2,2-3H3/t13-,17?,18-,19-,20+/m0/s1. The highest BCUT2D eigenvalue weighted by molar-refractivity contribution is 5.83. The van der Waals surface area contributed by atoms with Gasteiger partial charge >= 0.3 is 0 Å². The van der Waals surface area contributed by atoms with Gasteiger partial charge in [-0.05, 0) is 22.4 Å². The summed E-state index contributed by atoms with van der Waals surface area (Å²) in [6.45, 7) is 6.73.